The van der Waals surface area contributed by atoms with E-state index in [2.05, 4.69) is 0 Å². The van der Waals surface area contributed by atoms with Gasteiger partial charge in [-0.05, 0) is 26.2 Å². The van der Waals surface area contributed by atoms with Gasteiger partial charge in [-0.15, -0.1) is 0 Å². The molecule has 0 amide bonds. The van der Waals surface area contributed by atoms with Crippen molar-refractivity contribution in [3.8, 4) is 0 Å². The summed E-state index contributed by atoms with van der Waals surface area (Å²) in [6.45, 7) is 3.39. The number of ketones is 2. The minimum absolute atomic E-state index is 0.0300. The Balaban J connectivity index is 2.93. The maximum Gasteiger partial charge on any atom is 0.169 e. The van der Waals surface area contributed by atoms with E-state index in [4.69, 9.17) is 9.47 Å². The van der Waals surface area contributed by atoms with Crippen LogP contribution in [0.15, 0.2) is 0 Å². The van der Waals surface area contributed by atoms with E-state index >= 15 is 0 Å². The third kappa shape index (κ3) is 2.18. The molecule has 92 valence electrons. The predicted molar refractivity (Wildman–Crippen MR) is 58.9 cm³/mol. The minimum Gasteiger partial charge on any atom is -0.355 e. The molecule has 1 rings (SSSR count). The Morgan fingerprint density at radius 1 is 1.50 bits per heavy atom. The van der Waals surface area contributed by atoms with Gasteiger partial charge >= 0.3 is 0 Å². The molecule has 1 aliphatic rings. The van der Waals surface area contributed by atoms with Crippen LogP contribution in [0.4, 0.5) is 0 Å². The van der Waals surface area contributed by atoms with E-state index in [-0.39, 0.29) is 17.5 Å². The molecule has 0 saturated heterocycles. The lowest BCUT2D eigenvalue weighted by atomic mass is 9.76. The number of methoxy groups -OCH3 is 2. The molecule has 1 fully saturated rings. The lowest BCUT2D eigenvalue weighted by Crippen LogP contribution is -2.44. The monoisotopic (exact) mass is 228 g/mol. The van der Waals surface area contributed by atoms with Gasteiger partial charge in [-0.25, -0.2) is 0 Å². The highest BCUT2D eigenvalue weighted by molar-refractivity contribution is 5.88. The molecule has 0 spiro atoms. The van der Waals surface area contributed by atoms with E-state index in [1.165, 1.54) is 14.2 Å². The molecule has 0 N–H and O–H groups in total. The summed E-state index contributed by atoms with van der Waals surface area (Å²) < 4.78 is 10.4. The largest absolute Gasteiger partial charge is 0.355 e. The normalized spacial score (nSPS) is 30.1. The van der Waals surface area contributed by atoms with Gasteiger partial charge in [0.15, 0.2) is 6.29 Å². The average molecular weight is 228 g/mol. The zero-order valence-electron chi connectivity index (χ0n) is 10.4. The summed E-state index contributed by atoms with van der Waals surface area (Å²) in [5.74, 6) is 0.270. The first-order valence-corrected chi connectivity index (χ1v) is 5.55. The molecule has 1 aliphatic carbocycles. The van der Waals surface area contributed by atoms with Crippen LogP contribution in [-0.2, 0) is 19.1 Å². The average Bonchev–Trinajstić information content (AvgIpc) is 2.48. The van der Waals surface area contributed by atoms with Crippen LogP contribution >= 0.6 is 0 Å². The van der Waals surface area contributed by atoms with Crippen LogP contribution in [0.2, 0.25) is 0 Å². The molecule has 0 heterocycles. The van der Waals surface area contributed by atoms with E-state index in [0.29, 0.717) is 12.8 Å². The number of carbonyl (C=O) groups excluding carboxylic acids is 2. The first kappa shape index (κ1) is 13.3. The van der Waals surface area contributed by atoms with E-state index in [1.807, 2.05) is 6.92 Å². The Bertz CT molecular complexity index is 283. The number of carbonyl (C=O) groups is 2. The Labute approximate surface area is 96.3 Å². The van der Waals surface area contributed by atoms with Gasteiger partial charge in [-0.3, -0.25) is 4.79 Å². The van der Waals surface area contributed by atoms with E-state index in [1.54, 1.807) is 6.92 Å². The fraction of sp³-hybridized carbons (Fsp3) is 0.833. The van der Waals surface area contributed by atoms with Crippen molar-refractivity contribution in [2.45, 2.75) is 39.4 Å². The summed E-state index contributed by atoms with van der Waals surface area (Å²) in [6, 6.07) is 0. The first-order chi connectivity index (χ1) is 7.46. The van der Waals surface area contributed by atoms with Crippen LogP contribution in [0.1, 0.15) is 33.1 Å². The summed E-state index contributed by atoms with van der Waals surface area (Å²) in [6.07, 6.45) is 1.12. The second-order valence-corrected chi connectivity index (χ2v) is 4.65. The predicted octanol–water partition coefficient (Wildman–Crippen LogP) is 1.57. The Kier molecular flexibility index (Phi) is 4.21. The molecule has 0 aliphatic heterocycles. The van der Waals surface area contributed by atoms with Gasteiger partial charge in [0, 0.05) is 27.1 Å². The smallest absolute Gasteiger partial charge is 0.169 e. The van der Waals surface area contributed by atoms with Gasteiger partial charge in [-0.2, -0.15) is 0 Å². The molecule has 0 radical (unpaired) electrons. The second kappa shape index (κ2) is 5.06. The number of hydrogen-bond donors (Lipinski definition) is 0. The first-order valence-electron chi connectivity index (χ1n) is 5.55. The van der Waals surface area contributed by atoms with Gasteiger partial charge in [0.1, 0.15) is 11.6 Å². The standard InChI is InChI=1S/C12H20O4/c1-8(13)7-9-5-6-10(14)12(9,2)11(15-3)16-4/h9,11H,5-7H2,1-4H3. The topological polar surface area (TPSA) is 52.6 Å². The molecular weight excluding hydrogens is 208 g/mol. The Hall–Kier alpha value is -0.740. The van der Waals surface area contributed by atoms with Crippen molar-refractivity contribution < 1.29 is 19.1 Å². The van der Waals surface area contributed by atoms with E-state index in [0.717, 1.165) is 6.42 Å². The maximum atomic E-state index is 12.0. The summed E-state index contributed by atoms with van der Waals surface area (Å²) in [5, 5.41) is 0. The minimum atomic E-state index is -0.685. The van der Waals surface area contributed by atoms with Crippen molar-refractivity contribution >= 4 is 11.6 Å². The highest BCUT2D eigenvalue weighted by Crippen LogP contribution is 2.45. The molecule has 0 aromatic carbocycles. The highest BCUT2D eigenvalue weighted by Gasteiger charge is 2.52. The summed E-state index contributed by atoms with van der Waals surface area (Å²) in [7, 11) is 3.05. The fourth-order valence-electron chi connectivity index (χ4n) is 2.67. The molecule has 4 heteroatoms. The van der Waals surface area contributed by atoms with Crippen LogP contribution < -0.4 is 0 Å². The van der Waals surface area contributed by atoms with Crippen molar-refractivity contribution in [1.29, 1.82) is 0 Å². The molecule has 2 unspecified atom stereocenters. The van der Waals surface area contributed by atoms with Gasteiger partial charge in [0.2, 0.25) is 0 Å². The lowest BCUT2D eigenvalue weighted by molar-refractivity contribution is -0.188. The van der Waals surface area contributed by atoms with Crippen molar-refractivity contribution in [2.75, 3.05) is 14.2 Å². The number of rotatable bonds is 5. The zero-order chi connectivity index (χ0) is 12.3. The van der Waals surface area contributed by atoms with Gasteiger partial charge in [-0.1, -0.05) is 0 Å². The Morgan fingerprint density at radius 2 is 2.06 bits per heavy atom. The van der Waals surface area contributed by atoms with Gasteiger partial charge in [0.25, 0.3) is 0 Å². The third-order valence-corrected chi connectivity index (χ3v) is 3.62. The zero-order valence-corrected chi connectivity index (χ0v) is 10.4. The van der Waals surface area contributed by atoms with E-state index < -0.39 is 11.7 Å². The van der Waals surface area contributed by atoms with Gasteiger partial charge in [0.05, 0.1) is 5.41 Å². The molecule has 4 nitrogen and oxygen atoms in total. The summed E-state index contributed by atoms with van der Waals surface area (Å²) in [5.41, 5.74) is -0.685. The number of ether oxygens (including phenoxy) is 2. The number of Topliss-reactive ketones (excluding diaryl/α,β-unsaturated/α-hetero) is 2. The quantitative estimate of drug-likeness (QED) is 0.670. The van der Waals surface area contributed by atoms with Crippen LogP contribution in [0.3, 0.4) is 0 Å². The molecule has 0 aromatic heterocycles. The van der Waals surface area contributed by atoms with Crippen LogP contribution in [0, 0.1) is 11.3 Å². The van der Waals surface area contributed by atoms with Crippen molar-refractivity contribution in [3.05, 3.63) is 0 Å². The molecule has 2 atom stereocenters. The van der Waals surface area contributed by atoms with Crippen LogP contribution in [-0.4, -0.2) is 32.1 Å². The lowest BCUT2D eigenvalue weighted by Gasteiger charge is -2.35. The van der Waals surface area contributed by atoms with Crippen molar-refractivity contribution in [3.63, 3.8) is 0 Å². The Morgan fingerprint density at radius 3 is 2.50 bits per heavy atom. The molecule has 0 bridgehead atoms. The molecule has 1 saturated carbocycles. The fourth-order valence-corrected chi connectivity index (χ4v) is 2.67. The second-order valence-electron chi connectivity index (χ2n) is 4.65. The maximum absolute atomic E-state index is 12.0. The van der Waals surface area contributed by atoms with Crippen LogP contribution in [0.5, 0.6) is 0 Å². The van der Waals surface area contributed by atoms with Crippen molar-refractivity contribution in [2.24, 2.45) is 11.3 Å². The molecular formula is C12H20O4. The SMILES string of the molecule is COC(OC)C1(C)C(=O)CCC1CC(C)=O. The van der Waals surface area contributed by atoms with Gasteiger partial charge < -0.3 is 14.3 Å². The van der Waals surface area contributed by atoms with Crippen molar-refractivity contribution in [1.82, 2.24) is 0 Å². The van der Waals surface area contributed by atoms with Crippen LogP contribution in [0.25, 0.3) is 0 Å². The summed E-state index contributed by atoms with van der Waals surface area (Å²) >= 11 is 0. The van der Waals surface area contributed by atoms with E-state index in [9.17, 15) is 9.59 Å². The third-order valence-electron chi connectivity index (χ3n) is 3.62. The summed E-state index contributed by atoms with van der Waals surface area (Å²) in [4.78, 5) is 23.2. The molecule has 16 heavy (non-hydrogen) atoms. The molecule has 0 aromatic rings. The highest BCUT2D eigenvalue weighted by atomic mass is 16.7. The number of hydrogen-bond acceptors (Lipinski definition) is 4.